The van der Waals surface area contributed by atoms with Gasteiger partial charge in [0.05, 0.1) is 0 Å². The number of hydrogen-bond acceptors (Lipinski definition) is 1. The zero-order valence-electron chi connectivity index (χ0n) is 8.81. The van der Waals surface area contributed by atoms with E-state index in [0.717, 1.165) is 0 Å². The van der Waals surface area contributed by atoms with Crippen LogP contribution in [0, 0.1) is 20.8 Å². The van der Waals surface area contributed by atoms with E-state index in [-0.39, 0.29) is 0 Å². The van der Waals surface area contributed by atoms with Crippen LogP contribution in [0.5, 0.6) is 0 Å². The van der Waals surface area contributed by atoms with Crippen LogP contribution in [0.1, 0.15) is 35.2 Å². The van der Waals surface area contributed by atoms with Gasteiger partial charge in [-0.25, -0.2) is 0 Å². The summed E-state index contributed by atoms with van der Waals surface area (Å²) < 4.78 is 0. The molecular formula is C12H17N. The summed E-state index contributed by atoms with van der Waals surface area (Å²) in [5, 5.41) is 3.45. The van der Waals surface area contributed by atoms with Gasteiger partial charge in [-0.1, -0.05) is 17.7 Å². The van der Waals surface area contributed by atoms with Crippen LogP contribution in [0.2, 0.25) is 0 Å². The average molecular weight is 175 g/mol. The van der Waals surface area contributed by atoms with E-state index in [1.165, 1.54) is 22.3 Å². The fourth-order valence-electron chi connectivity index (χ4n) is 2.24. The predicted molar refractivity (Wildman–Crippen MR) is 56.0 cm³/mol. The molecule has 0 aromatic heterocycles. The van der Waals surface area contributed by atoms with Crippen molar-refractivity contribution >= 4 is 0 Å². The van der Waals surface area contributed by atoms with Gasteiger partial charge in [0.1, 0.15) is 0 Å². The molecule has 1 fully saturated rings. The maximum atomic E-state index is 3.45. The third-order valence-corrected chi connectivity index (χ3v) is 2.88. The number of hydrogen-bond donors (Lipinski definition) is 1. The van der Waals surface area contributed by atoms with Crippen molar-refractivity contribution in [2.45, 2.75) is 39.8 Å². The van der Waals surface area contributed by atoms with Crippen molar-refractivity contribution < 1.29 is 0 Å². The van der Waals surface area contributed by atoms with Gasteiger partial charge in [0.15, 0.2) is 0 Å². The van der Waals surface area contributed by atoms with Crippen LogP contribution in [0.3, 0.4) is 0 Å². The Labute approximate surface area is 80.2 Å². The number of nitrogens with one attached hydrogen (secondary N) is 1. The van der Waals surface area contributed by atoms with E-state index in [2.05, 4.69) is 45.1 Å². The third-order valence-electron chi connectivity index (χ3n) is 2.88. The molecule has 1 aliphatic heterocycles. The standard InChI is InChI=1S/C12H17N/c1-7-5-8(2)11(9(3)6-7)12-10(4)13-12/h5-6,10,12-13H,1-4H3/t10-,12-/m0/s1. The van der Waals surface area contributed by atoms with Crippen molar-refractivity contribution in [2.75, 3.05) is 0 Å². The van der Waals surface area contributed by atoms with Gasteiger partial charge in [-0.05, 0) is 44.4 Å². The molecule has 0 radical (unpaired) electrons. The lowest BCUT2D eigenvalue weighted by atomic mass is 9.96. The third kappa shape index (κ3) is 1.49. The highest BCUT2D eigenvalue weighted by Gasteiger charge is 2.34. The smallest absolute Gasteiger partial charge is 0.0481 e. The lowest BCUT2D eigenvalue weighted by molar-refractivity contribution is 0.997. The Morgan fingerprint density at radius 2 is 1.54 bits per heavy atom. The summed E-state index contributed by atoms with van der Waals surface area (Å²) in [6.07, 6.45) is 0. The highest BCUT2D eigenvalue weighted by Crippen LogP contribution is 2.34. The van der Waals surface area contributed by atoms with Crippen molar-refractivity contribution in [3.8, 4) is 0 Å². The normalized spacial score (nSPS) is 26.2. The molecule has 0 unspecified atom stereocenters. The summed E-state index contributed by atoms with van der Waals surface area (Å²) in [6.45, 7) is 8.82. The Hall–Kier alpha value is -0.820. The van der Waals surface area contributed by atoms with Gasteiger partial charge in [-0.2, -0.15) is 0 Å². The van der Waals surface area contributed by atoms with Gasteiger partial charge in [0.2, 0.25) is 0 Å². The average Bonchev–Trinajstić information content (AvgIpc) is 2.64. The van der Waals surface area contributed by atoms with Gasteiger partial charge < -0.3 is 5.32 Å². The highest BCUT2D eigenvalue weighted by atomic mass is 15.1. The summed E-state index contributed by atoms with van der Waals surface area (Å²) in [5.74, 6) is 0. The number of aryl methyl sites for hydroxylation is 3. The first kappa shape index (κ1) is 8.76. The van der Waals surface area contributed by atoms with Crippen molar-refractivity contribution in [3.63, 3.8) is 0 Å². The lowest BCUT2D eigenvalue weighted by Crippen LogP contribution is -1.95. The second kappa shape index (κ2) is 2.85. The van der Waals surface area contributed by atoms with Crippen LogP contribution in [-0.2, 0) is 0 Å². The highest BCUT2D eigenvalue weighted by molar-refractivity contribution is 5.42. The monoisotopic (exact) mass is 175 g/mol. The molecule has 1 N–H and O–H groups in total. The Morgan fingerprint density at radius 1 is 1.08 bits per heavy atom. The second-order valence-electron chi connectivity index (χ2n) is 4.25. The molecule has 13 heavy (non-hydrogen) atoms. The van der Waals surface area contributed by atoms with E-state index in [9.17, 15) is 0 Å². The fourth-order valence-corrected chi connectivity index (χ4v) is 2.24. The molecular weight excluding hydrogens is 158 g/mol. The molecule has 1 nitrogen and oxygen atoms in total. The Morgan fingerprint density at radius 3 is 1.92 bits per heavy atom. The van der Waals surface area contributed by atoms with Crippen LogP contribution in [0.4, 0.5) is 0 Å². The molecule has 2 atom stereocenters. The molecule has 0 spiro atoms. The van der Waals surface area contributed by atoms with Gasteiger partial charge in [-0.3, -0.25) is 0 Å². The topological polar surface area (TPSA) is 21.9 Å². The van der Waals surface area contributed by atoms with E-state index in [0.29, 0.717) is 12.1 Å². The predicted octanol–water partition coefficient (Wildman–Crippen LogP) is 2.64. The molecule has 1 aromatic rings. The van der Waals surface area contributed by atoms with Gasteiger partial charge >= 0.3 is 0 Å². The molecule has 0 bridgehead atoms. The minimum atomic E-state index is 0.612. The van der Waals surface area contributed by atoms with Gasteiger partial charge in [0, 0.05) is 12.1 Å². The first-order valence-electron chi connectivity index (χ1n) is 4.93. The summed E-state index contributed by atoms with van der Waals surface area (Å²) in [6, 6.07) is 5.82. The maximum absolute atomic E-state index is 3.45. The van der Waals surface area contributed by atoms with Crippen molar-refractivity contribution in [3.05, 3.63) is 34.4 Å². The summed E-state index contributed by atoms with van der Waals surface area (Å²) in [4.78, 5) is 0. The Bertz CT molecular complexity index is 318. The van der Waals surface area contributed by atoms with E-state index in [1.807, 2.05) is 0 Å². The minimum Gasteiger partial charge on any atom is -0.304 e. The zero-order valence-corrected chi connectivity index (χ0v) is 8.81. The molecule has 1 heterocycles. The molecule has 2 rings (SSSR count). The molecule has 0 saturated carbocycles. The maximum Gasteiger partial charge on any atom is 0.0481 e. The zero-order chi connectivity index (χ0) is 9.59. The molecule has 1 heteroatoms. The quantitative estimate of drug-likeness (QED) is 0.651. The Balaban J connectivity index is 2.45. The van der Waals surface area contributed by atoms with Crippen LogP contribution in [0.15, 0.2) is 12.1 Å². The van der Waals surface area contributed by atoms with E-state index < -0.39 is 0 Å². The molecule has 1 aromatic carbocycles. The fraction of sp³-hybridized carbons (Fsp3) is 0.500. The Kier molecular flexibility index (Phi) is 1.92. The second-order valence-corrected chi connectivity index (χ2v) is 4.25. The van der Waals surface area contributed by atoms with E-state index in [1.54, 1.807) is 0 Å². The van der Waals surface area contributed by atoms with Crippen LogP contribution < -0.4 is 5.32 Å². The summed E-state index contributed by atoms with van der Waals surface area (Å²) >= 11 is 0. The van der Waals surface area contributed by atoms with Crippen LogP contribution >= 0.6 is 0 Å². The van der Waals surface area contributed by atoms with Crippen molar-refractivity contribution in [2.24, 2.45) is 0 Å². The largest absolute Gasteiger partial charge is 0.304 e. The molecule has 1 saturated heterocycles. The molecule has 70 valence electrons. The van der Waals surface area contributed by atoms with Gasteiger partial charge in [0.25, 0.3) is 0 Å². The van der Waals surface area contributed by atoms with Gasteiger partial charge in [-0.15, -0.1) is 0 Å². The molecule has 1 aliphatic rings. The number of rotatable bonds is 1. The van der Waals surface area contributed by atoms with Crippen LogP contribution in [0.25, 0.3) is 0 Å². The SMILES string of the molecule is Cc1cc(C)c([C@H]2N[C@H]2C)c(C)c1. The van der Waals surface area contributed by atoms with Crippen molar-refractivity contribution in [1.29, 1.82) is 0 Å². The van der Waals surface area contributed by atoms with Crippen LogP contribution in [-0.4, -0.2) is 6.04 Å². The van der Waals surface area contributed by atoms with E-state index in [4.69, 9.17) is 0 Å². The lowest BCUT2D eigenvalue weighted by Gasteiger charge is -2.09. The molecule has 0 aliphatic carbocycles. The first-order valence-corrected chi connectivity index (χ1v) is 4.93. The van der Waals surface area contributed by atoms with Crippen molar-refractivity contribution in [1.82, 2.24) is 5.32 Å². The summed E-state index contributed by atoms with van der Waals surface area (Å²) in [5.41, 5.74) is 5.74. The van der Waals surface area contributed by atoms with E-state index >= 15 is 0 Å². The summed E-state index contributed by atoms with van der Waals surface area (Å²) in [7, 11) is 0. The minimum absolute atomic E-state index is 0.612. The first-order chi connectivity index (χ1) is 6.09. The molecule has 0 amide bonds. The number of benzene rings is 1.